The second kappa shape index (κ2) is 6.19. The first-order valence-corrected chi connectivity index (χ1v) is 9.03. The molecule has 0 fully saturated rings. The summed E-state index contributed by atoms with van der Waals surface area (Å²) in [6.45, 7) is 0. The monoisotopic (exact) mass is 368 g/mol. The summed E-state index contributed by atoms with van der Waals surface area (Å²) in [7, 11) is 0. The highest BCUT2D eigenvalue weighted by molar-refractivity contribution is 7.21. The Kier molecular flexibility index (Phi) is 3.87. The van der Waals surface area contributed by atoms with Crippen LogP contribution in [-0.4, -0.2) is 22.3 Å². The van der Waals surface area contributed by atoms with E-state index in [1.165, 1.54) is 28.9 Å². The molecule has 2 aromatic carbocycles. The number of hydrazone groups is 1. The van der Waals surface area contributed by atoms with Crippen molar-refractivity contribution in [3.63, 3.8) is 0 Å². The van der Waals surface area contributed by atoms with Crippen LogP contribution in [0.1, 0.15) is 14.5 Å². The zero-order chi connectivity index (χ0) is 17.4. The van der Waals surface area contributed by atoms with Crippen LogP contribution in [0.4, 0.5) is 0 Å². The van der Waals surface area contributed by atoms with Gasteiger partial charge in [0.25, 0.3) is 5.91 Å². The maximum atomic E-state index is 12.2. The van der Waals surface area contributed by atoms with Crippen molar-refractivity contribution in [2.24, 2.45) is 5.10 Å². The van der Waals surface area contributed by atoms with Crippen LogP contribution in [0.25, 0.3) is 20.2 Å². The van der Waals surface area contributed by atoms with E-state index < -0.39 is 5.91 Å². The zero-order valence-electron chi connectivity index (χ0n) is 12.8. The van der Waals surface area contributed by atoms with Gasteiger partial charge in [-0.05, 0) is 24.3 Å². The largest absolute Gasteiger partial charge is 0.506 e. The number of hydrogen-bond donors (Lipinski definition) is 3. The molecular formula is C18H12N2O3S2. The second-order valence-electron chi connectivity index (χ2n) is 5.29. The fourth-order valence-electron chi connectivity index (χ4n) is 2.52. The van der Waals surface area contributed by atoms with E-state index in [9.17, 15) is 15.0 Å². The van der Waals surface area contributed by atoms with Gasteiger partial charge in [-0.1, -0.05) is 24.3 Å². The van der Waals surface area contributed by atoms with Crippen molar-refractivity contribution in [2.75, 3.05) is 0 Å². The molecule has 0 radical (unpaired) electrons. The van der Waals surface area contributed by atoms with Gasteiger partial charge in [0, 0.05) is 20.2 Å². The van der Waals surface area contributed by atoms with E-state index in [4.69, 9.17) is 0 Å². The summed E-state index contributed by atoms with van der Waals surface area (Å²) in [6.07, 6.45) is 1.41. The number of benzene rings is 2. The minimum Gasteiger partial charge on any atom is -0.506 e. The standard InChI is InChI=1S/C18H12N2O3S2/c21-15-10-5-1-3-7-12(10)24-14(15)9-19-20-18(23)17-16(22)11-6-2-4-8-13(11)25-17/h1-9,21-22H,(H,20,23)/b19-9+. The van der Waals surface area contributed by atoms with Crippen molar-refractivity contribution >= 4 is 55.0 Å². The molecule has 0 atom stereocenters. The summed E-state index contributed by atoms with van der Waals surface area (Å²) in [4.78, 5) is 13.0. The molecule has 1 amide bonds. The van der Waals surface area contributed by atoms with E-state index in [1.54, 1.807) is 12.1 Å². The molecule has 0 spiro atoms. The first-order valence-electron chi connectivity index (χ1n) is 7.39. The normalized spacial score (nSPS) is 11.5. The Hall–Kier alpha value is -2.90. The predicted octanol–water partition coefficient (Wildman–Crippen LogP) is 4.29. The molecule has 0 saturated carbocycles. The van der Waals surface area contributed by atoms with Crippen molar-refractivity contribution in [3.8, 4) is 11.5 Å². The van der Waals surface area contributed by atoms with Crippen LogP contribution in [0.2, 0.25) is 0 Å². The van der Waals surface area contributed by atoms with E-state index in [-0.39, 0.29) is 16.4 Å². The maximum Gasteiger partial charge on any atom is 0.285 e. The Balaban J connectivity index is 1.57. The first-order chi connectivity index (χ1) is 12.1. The summed E-state index contributed by atoms with van der Waals surface area (Å²) in [6, 6.07) is 14.7. The van der Waals surface area contributed by atoms with Gasteiger partial charge in [-0.25, -0.2) is 5.43 Å². The molecule has 0 unspecified atom stereocenters. The van der Waals surface area contributed by atoms with Gasteiger partial charge in [0.1, 0.15) is 16.4 Å². The number of carbonyl (C=O) groups is 1. The third-order valence-corrected chi connectivity index (χ3v) is 5.97. The zero-order valence-corrected chi connectivity index (χ0v) is 14.4. The fraction of sp³-hybridized carbons (Fsp3) is 0. The van der Waals surface area contributed by atoms with Gasteiger partial charge >= 0.3 is 0 Å². The topological polar surface area (TPSA) is 81.9 Å². The van der Waals surface area contributed by atoms with Crippen LogP contribution < -0.4 is 5.43 Å². The van der Waals surface area contributed by atoms with Crippen LogP contribution in [0, 0.1) is 0 Å². The average molecular weight is 368 g/mol. The van der Waals surface area contributed by atoms with Crippen molar-refractivity contribution in [1.29, 1.82) is 0 Å². The third kappa shape index (κ3) is 2.73. The second-order valence-corrected chi connectivity index (χ2v) is 7.42. The molecule has 7 heteroatoms. The Bertz CT molecular complexity index is 1130. The molecule has 0 aliphatic carbocycles. The molecule has 124 valence electrons. The van der Waals surface area contributed by atoms with Gasteiger partial charge in [-0.3, -0.25) is 4.79 Å². The first kappa shape index (κ1) is 15.6. The highest BCUT2D eigenvalue weighted by atomic mass is 32.1. The molecule has 4 aromatic rings. The number of thiophene rings is 2. The van der Waals surface area contributed by atoms with Crippen LogP contribution in [0.3, 0.4) is 0 Å². The van der Waals surface area contributed by atoms with E-state index in [0.717, 1.165) is 14.8 Å². The van der Waals surface area contributed by atoms with E-state index in [2.05, 4.69) is 10.5 Å². The fourth-order valence-corrected chi connectivity index (χ4v) is 4.48. The highest BCUT2D eigenvalue weighted by Crippen LogP contribution is 2.37. The van der Waals surface area contributed by atoms with Crippen LogP contribution in [0.15, 0.2) is 53.6 Å². The average Bonchev–Trinajstić information content (AvgIpc) is 3.14. The van der Waals surface area contributed by atoms with Crippen molar-refractivity contribution in [1.82, 2.24) is 5.43 Å². The van der Waals surface area contributed by atoms with Gasteiger partial charge in [0.2, 0.25) is 0 Å². The lowest BCUT2D eigenvalue weighted by Gasteiger charge is -1.97. The lowest BCUT2D eigenvalue weighted by Crippen LogP contribution is -2.16. The number of rotatable bonds is 3. The number of fused-ring (bicyclic) bond motifs is 2. The SMILES string of the molecule is O=C(N/N=C/c1sc2ccccc2c1O)c1sc2ccccc2c1O. The molecule has 2 aromatic heterocycles. The molecule has 4 rings (SSSR count). The summed E-state index contributed by atoms with van der Waals surface area (Å²) in [5.41, 5.74) is 2.40. The number of nitrogens with zero attached hydrogens (tertiary/aromatic N) is 1. The summed E-state index contributed by atoms with van der Waals surface area (Å²) >= 11 is 2.58. The number of amides is 1. The Morgan fingerprint density at radius 3 is 2.16 bits per heavy atom. The van der Waals surface area contributed by atoms with Crippen molar-refractivity contribution in [3.05, 3.63) is 58.3 Å². The quantitative estimate of drug-likeness (QED) is 0.373. The number of aromatic hydroxyl groups is 2. The van der Waals surface area contributed by atoms with E-state index in [1.807, 2.05) is 36.4 Å². The summed E-state index contributed by atoms with van der Waals surface area (Å²) < 4.78 is 1.77. The molecule has 0 aliphatic heterocycles. The van der Waals surface area contributed by atoms with Crippen LogP contribution in [0.5, 0.6) is 11.5 Å². The minimum atomic E-state index is -0.490. The maximum absolute atomic E-state index is 12.2. The summed E-state index contributed by atoms with van der Waals surface area (Å²) in [5, 5.41) is 25.7. The molecule has 2 heterocycles. The van der Waals surface area contributed by atoms with Crippen LogP contribution >= 0.6 is 22.7 Å². The molecule has 0 bridgehead atoms. The molecule has 3 N–H and O–H groups in total. The number of nitrogens with one attached hydrogen (secondary N) is 1. The van der Waals surface area contributed by atoms with Gasteiger partial charge in [-0.15, -0.1) is 22.7 Å². The molecule has 0 aliphatic rings. The molecule has 0 saturated heterocycles. The Morgan fingerprint density at radius 1 is 0.920 bits per heavy atom. The van der Waals surface area contributed by atoms with E-state index >= 15 is 0 Å². The lowest BCUT2D eigenvalue weighted by molar-refractivity contribution is 0.0957. The number of carbonyl (C=O) groups excluding carboxylic acids is 1. The van der Waals surface area contributed by atoms with Gasteiger partial charge < -0.3 is 10.2 Å². The smallest absolute Gasteiger partial charge is 0.285 e. The summed E-state index contributed by atoms with van der Waals surface area (Å²) in [5.74, 6) is -0.392. The van der Waals surface area contributed by atoms with Gasteiger partial charge in [0.15, 0.2) is 0 Å². The molecule has 25 heavy (non-hydrogen) atoms. The van der Waals surface area contributed by atoms with Crippen LogP contribution in [-0.2, 0) is 0 Å². The lowest BCUT2D eigenvalue weighted by atomic mass is 10.2. The van der Waals surface area contributed by atoms with Crippen molar-refractivity contribution in [2.45, 2.75) is 0 Å². The predicted molar refractivity (Wildman–Crippen MR) is 102 cm³/mol. The highest BCUT2D eigenvalue weighted by Gasteiger charge is 2.17. The van der Waals surface area contributed by atoms with Gasteiger partial charge in [0.05, 0.1) is 11.1 Å². The Labute approximate surface area is 150 Å². The Morgan fingerprint density at radius 2 is 1.52 bits per heavy atom. The molecule has 5 nitrogen and oxygen atoms in total. The number of hydrogen-bond acceptors (Lipinski definition) is 6. The molecular weight excluding hydrogens is 356 g/mol. The van der Waals surface area contributed by atoms with E-state index in [0.29, 0.717) is 10.3 Å². The van der Waals surface area contributed by atoms with Gasteiger partial charge in [-0.2, -0.15) is 5.10 Å². The third-order valence-electron chi connectivity index (χ3n) is 3.72. The van der Waals surface area contributed by atoms with Crippen molar-refractivity contribution < 1.29 is 15.0 Å². The minimum absolute atomic E-state index is 0.0435.